The molecule has 0 heterocycles. The number of carbonyl (C=O) groups excluding carboxylic acids is 1. The first-order valence-corrected chi connectivity index (χ1v) is 8.12. The second kappa shape index (κ2) is 7.38. The Bertz CT molecular complexity index is 498. The van der Waals surface area contributed by atoms with E-state index < -0.39 is 0 Å². The Balaban J connectivity index is 2.04. The number of rotatable bonds is 5. The van der Waals surface area contributed by atoms with Crippen LogP contribution in [-0.4, -0.2) is 30.3 Å². The van der Waals surface area contributed by atoms with Crippen LogP contribution in [0.4, 0.5) is 0 Å². The Hall–Kier alpha value is -0.910. The van der Waals surface area contributed by atoms with E-state index in [1.54, 1.807) is 12.1 Å². The monoisotopic (exact) mass is 355 g/mol. The smallest absolute Gasteiger partial charge is 0.337 e. The number of carbonyl (C=O) groups is 1. The Morgan fingerprint density at radius 1 is 1.38 bits per heavy atom. The number of aliphatic hydroxyl groups is 1. The molecule has 2 rings (SSSR count). The summed E-state index contributed by atoms with van der Waals surface area (Å²) in [6.45, 7) is 0.841. The number of esters is 1. The van der Waals surface area contributed by atoms with Gasteiger partial charge in [0.25, 0.3) is 0 Å². The summed E-state index contributed by atoms with van der Waals surface area (Å²) in [6.07, 6.45) is 5.61. The van der Waals surface area contributed by atoms with Gasteiger partial charge in [0.15, 0.2) is 0 Å². The van der Waals surface area contributed by atoms with Crippen molar-refractivity contribution in [3.05, 3.63) is 33.8 Å². The van der Waals surface area contributed by atoms with Crippen LogP contribution >= 0.6 is 15.9 Å². The minimum atomic E-state index is -0.339. The third-order valence-electron chi connectivity index (χ3n) is 4.24. The summed E-state index contributed by atoms with van der Waals surface area (Å²) in [4.78, 5) is 11.5. The zero-order valence-corrected chi connectivity index (χ0v) is 13.9. The van der Waals surface area contributed by atoms with Crippen molar-refractivity contribution < 1.29 is 14.6 Å². The van der Waals surface area contributed by atoms with Crippen LogP contribution in [0.15, 0.2) is 22.7 Å². The SMILES string of the molecule is COC(=O)c1ccc(CNC2(CO)CCCCC2)c(Br)c1. The summed E-state index contributed by atoms with van der Waals surface area (Å²) in [5, 5.41) is 13.2. The molecule has 0 atom stereocenters. The third kappa shape index (κ3) is 4.05. The first-order valence-electron chi connectivity index (χ1n) is 7.33. The number of nitrogens with one attached hydrogen (secondary N) is 1. The Morgan fingerprint density at radius 2 is 2.10 bits per heavy atom. The Morgan fingerprint density at radius 3 is 2.67 bits per heavy atom. The van der Waals surface area contributed by atoms with Gasteiger partial charge in [-0.2, -0.15) is 0 Å². The van der Waals surface area contributed by atoms with E-state index in [0.717, 1.165) is 35.7 Å². The van der Waals surface area contributed by atoms with Crippen molar-refractivity contribution in [1.29, 1.82) is 0 Å². The topological polar surface area (TPSA) is 58.6 Å². The zero-order chi connectivity index (χ0) is 15.3. The fourth-order valence-corrected chi connectivity index (χ4v) is 3.36. The molecule has 0 aliphatic heterocycles. The summed E-state index contributed by atoms with van der Waals surface area (Å²) < 4.78 is 5.59. The molecule has 1 aromatic carbocycles. The summed E-state index contributed by atoms with van der Waals surface area (Å²) >= 11 is 3.50. The molecule has 2 N–H and O–H groups in total. The zero-order valence-electron chi connectivity index (χ0n) is 12.3. The lowest BCUT2D eigenvalue weighted by molar-refractivity contribution is 0.0600. The highest BCUT2D eigenvalue weighted by molar-refractivity contribution is 9.10. The number of aliphatic hydroxyl groups excluding tert-OH is 1. The van der Waals surface area contributed by atoms with Crippen molar-refractivity contribution in [3.8, 4) is 0 Å². The van der Waals surface area contributed by atoms with Gasteiger partial charge in [-0.25, -0.2) is 4.79 Å². The number of benzene rings is 1. The molecule has 0 amide bonds. The van der Waals surface area contributed by atoms with Gasteiger partial charge in [-0.15, -0.1) is 0 Å². The van der Waals surface area contributed by atoms with Gasteiger partial charge in [0.1, 0.15) is 0 Å². The molecule has 0 radical (unpaired) electrons. The molecule has 1 saturated carbocycles. The first-order chi connectivity index (χ1) is 10.1. The molecule has 1 aliphatic carbocycles. The van der Waals surface area contributed by atoms with E-state index in [0.29, 0.717) is 12.1 Å². The normalized spacial score (nSPS) is 17.5. The van der Waals surface area contributed by atoms with Crippen LogP contribution in [0.25, 0.3) is 0 Å². The number of halogens is 1. The van der Waals surface area contributed by atoms with Gasteiger partial charge in [-0.3, -0.25) is 0 Å². The molecule has 116 valence electrons. The number of methoxy groups -OCH3 is 1. The summed E-state index contributed by atoms with van der Waals surface area (Å²) in [6, 6.07) is 5.45. The summed E-state index contributed by atoms with van der Waals surface area (Å²) in [5.41, 5.74) is 1.45. The van der Waals surface area contributed by atoms with Crippen molar-refractivity contribution in [1.82, 2.24) is 5.32 Å². The molecule has 4 nitrogen and oxygen atoms in total. The predicted octanol–water partition coefficient (Wildman–Crippen LogP) is 3.02. The van der Waals surface area contributed by atoms with Crippen LogP contribution in [0.3, 0.4) is 0 Å². The van der Waals surface area contributed by atoms with Gasteiger partial charge in [-0.05, 0) is 30.5 Å². The maximum absolute atomic E-state index is 11.5. The van der Waals surface area contributed by atoms with E-state index in [1.807, 2.05) is 6.07 Å². The fourth-order valence-electron chi connectivity index (χ4n) is 2.84. The average Bonchev–Trinajstić information content (AvgIpc) is 2.53. The van der Waals surface area contributed by atoms with Crippen LogP contribution in [0.5, 0.6) is 0 Å². The molecule has 0 saturated heterocycles. The van der Waals surface area contributed by atoms with Gasteiger partial charge in [0.05, 0.1) is 19.3 Å². The lowest BCUT2D eigenvalue weighted by Gasteiger charge is -2.37. The second-order valence-corrected chi connectivity index (χ2v) is 6.50. The van der Waals surface area contributed by atoms with Crippen molar-refractivity contribution in [2.24, 2.45) is 0 Å². The molecule has 1 aliphatic rings. The van der Waals surface area contributed by atoms with E-state index in [-0.39, 0.29) is 18.1 Å². The maximum atomic E-state index is 11.5. The van der Waals surface area contributed by atoms with E-state index in [9.17, 15) is 9.90 Å². The summed E-state index contributed by atoms with van der Waals surface area (Å²) in [7, 11) is 1.37. The van der Waals surface area contributed by atoms with Gasteiger partial charge < -0.3 is 15.2 Å². The molecular formula is C16H22BrNO3. The molecule has 5 heteroatoms. The van der Waals surface area contributed by atoms with Crippen molar-refractivity contribution in [2.45, 2.75) is 44.2 Å². The molecule has 0 spiro atoms. The molecule has 21 heavy (non-hydrogen) atoms. The van der Waals surface area contributed by atoms with Crippen LogP contribution in [-0.2, 0) is 11.3 Å². The third-order valence-corrected chi connectivity index (χ3v) is 4.98. The lowest BCUT2D eigenvalue weighted by Crippen LogP contribution is -2.49. The van der Waals surface area contributed by atoms with Gasteiger partial charge in [-0.1, -0.05) is 41.3 Å². The quantitative estimate of drug-likeness (QED) is 0.797. The maximum Gasteiger partial charge on any atom is 0.337 e. The first kappa shape index (κ1) is 16.5. The molecule has 1 aromatic rings. The van der Waals surface area contributed by atoms with Crippen LogP contribution in [0, 0.1) is 0 Å². The van der Waals surface area contributed by atoms with Crippen LogP contribution < -0.4 is 5.32 Å². The lowest BCUT2D eigenvalue weighted by atomic mass is 9.82. The highest BCUT2D eigenvalue weighted by Crippen LogP contribution is 2.29. The predicted molar refractivity (Wildman–Crippen MR) is 85.2 cm³/mol. The molecule has 0 bridgehead atoms. The van der Waals surface area contributed by atoms with Gasteiger partial charge >= 0.3 is 5.97 Å². The second-order valence-electron chi connectivity index (χ2n) is 5.65. The highest BCUT2D eigenvalue weighted by Gasteiger charge is 2.30. The molecule has 0 aromatic heterocycles. The van der Waals surface area contributed by atoms with Crippen molar-refractivity contribution in [3.63, 3.8) is 0 Å². The average molecular weight is 356 g/mol. The largest absolute Gasteiger partial charge is 0.465 e. The Kier molecular flexibility index (Phi) is 5.79. The fraction of sp³-hybridized carbons (Fsp3) is 0.562. The molecule has 1 fully saturated rings. The van der Waals surface area contributed by atoms with Gasteiger partial charge in [0, 0.05) is 16.6 Å². The van der Waals surface area contributed by atoms with Crippen molar-refractivity contribution in [2.75, 3.05) is 13.7 Å². The molecule has 0 unspecified atom stereocenters. The van der Waals surface area contributed by atoms with Crippen molar-refractivity contribution >= 4 is 21.9 Å². The number of hydrogen-bond donors (Lipinski definition) is 2. The van der Waals surface area contributed by atoms with E-state index in [1.165, 1.54) is 13.5 Å². The van der Waals surface area contributed by atoms with Gasteiger partial charge in [0.2, 0.25) is 0 Å². The number of hydrogen-bond acceptors (Lipinski definition) is 4. The molecular weight excluding hydrogens is 334 g/mol. The van der Waals surface area contributed by atoms with Crippen LogP contribution in [0.2, 0.25) is 0 Å². The highest BCUT2D eigenvalue weighted by atomic mass is 79.9. The number of ether oxygens (including phenoxy) is 1. The minimum absolute atomic E-state index is 0.154. The minimum Gasteiger partial charge on any atom is -0.465 e. The van der Waals surface area contributed by atoms with E-state index >= 15 is 0 Å². The van der Waals surface area contributed by atoms with E-state index in [4.69, 9.17) is 4.74 Å². The Labute approximate surface area is 134 Å². The van der Waals surface area contributed by atoms with Crippen LogP contribution in [0.1, 0.15) is 48.0 Å². The summed E-state index contributed by atoms with van der Waals surface area (Å²) in [5.74, 6) is -0.339. The standard InChI is InChI=1S/C16H22BrNO3/c1-21-15(20)12-5-6-13(14(17)9-12)10-18-16(11-19)7-3-2-4-8-16/h5-6,9,18-19H,2-4,7-8,10-11H2,1H3. The van der Waals surface area contributed by atoms with E-state index in [2.05, 4.69) is 21.2 Å².